The van der Waals surface area contributed by atoms with E-state index >= 15 is 0 Å². The van der Waals surface area contributed by atoms with Gasteiger partial charge in [0.05, 0.1) is 23.1 Å². The first kappa shape index (κ1) is 30.8. The Morgan fingerprint density at radius 3 is 2.32 bits per heavy atom. The highest BCUT2D eigenvalue weighted by Crippen LogP contribution is 2.52. The van der Waals surface area contributed by atoms with Crippen LogP contribution in [0.3, 0.4) is 0 Å². The van der Waals surface area contributed by atoms with Gasteiger partial charge in [-0.05, 0) is 70.1 Å². The van der Waals surface area contributed by atoms with E-state index in [-0.39, 0.29) is 18.5 Å². The summed E-state index contributed by atoms with van der Waals surface area (Å²) >= 11 is 0. The number of aliphatic hydroxyl groups is 1. The second-order valence-electron chi connectivity index (χ2n) is 11.7. The summed E-state index contributed by atoms with van der Waals surface area (Å²) < 4.78 is 43.7. The zero-order valence-electron chi connectivity index (χ0n) is 23.2. The molecule has 2 fully saturated rings. The molecular weight excluding hydrogens is 547 g/mol. The largest absolute Gasteiger partial charge is 0.507 e. The van der Waals surface area contributed by atoms with Crippen molar-refractivity contribution in [2.24, 2.45) is 29.4 Å². The van der Waals surface area contributed by atoms with Crippen LogP contribution in [0.5, 0.6) is 5.75 Å². The molecule has 3 aliphatic carbocycles. The number of nitrogens with two attached hydrogens (primary N) is 1. The Morgan fingerprint density at radius 2 is 1.78 bits per heavy atom. The molecule has 0 radical (unpaired) electrons. The van der Waals surface area contributed by atoms with Crippen molar-refractivity contribution in [1.29, 1.82) is 0 Å². The lowest BCUT2D eigenvalue weighted by molar-refractivity contribution is -0.181. The molecule has 3 aliphatic rings. The van der Waals surface area contributed by atoms with Crippen LogP contribution in [-0.4, -0.2) is 88.4 Å². The highest BCUT2D eigenvalue weighted by Gasteiger charge is 2.69. The van der Waals surface area contributed by atoms with Crippen LogP contribution in [0.1, 0.15) is 53.2 Å². The molecule has 6 atom stereocenters. The number of primary amides is 1. The van der Waals surface area contributed by atoms with E-state index in [2.05, 4.69) is 0 Å². The molecule has 0 bridgehead atoms. The van der Waals surface area contributed by atoms with Crippen molar-refractivity contribution >= 4 is 29.0 Å². The third kappa shape index (κ3) is 4.77. The predicted octanol–water partition coefficient (Wildman–Crippen LogP) is 1.12. The van der Waals surface area contributed by atoms with E-state index < -0.39 is 99.4 Å². The van der Waals surface area contributed by atoms with E-state index in [1.807, 2.05) is 6.92 Å². The number of hydrogen-bond donors (Lipinski definition) is 3. The summed E-state index contributed by atoms with van der Waals surface area (Å²) in [7, 11) is 4.50. The molecular formula is C28H34F3N3O7. The Morgan fingerprint density at radius 1 is 1.15 bits per heavy atom. The Bertz CT molecular complexity index is 1330. The first-order chi connectivity index (χ1) is 19.0. The summed E-state index contributed by atoms with van der Waals surface area (Å²) in [5.74, 6) is -13.3. The summed E-state index contributed by atoms with van der Waals surface area (Å²) in [5.41, 5.74) is -0.0865. The normalized spacial score (nSPS) is 30.0. The minimum absolute atomic E-state index is 0.153. The van der Waals surface area contributed by atoms with Gasteiger partial charge in [0, 0.05) is 12.5 Å². The number of rotatable bonds is 7. The third-order valence-electron chi connectivity index (χ3n) is 8.76. The number of benzene rings is 1. The van der Waals surface area contributed by atoms with Gasteiger partial charge in [0.15, 0.2) is 34.7 Å². The van der Waals surface area contributed by atoms with E-state index in [1.165, 1.54) is 19.0 Å². The van der Waals surface area contributed by atoms with Crippen LogP contribution < -0.4 is 5.73 Å². The zero-order chi connectivity index (χ0) is 30.8. The van der Waals surface area contributed by atoms with Crippen molar-refractivity contribution in [3.05, 3.63) is 28.3 Å². The van der Waals surface area contributed by atoms with Gasteiger partial charge in [-0.3, -0.25) is 28.9 Å². The molecule has 0 heterocycles. The van der Waals surface area contributed by atoms with Crippen LogP contribution in [0, 0.1) is 23.7 Å². The Kier molecular flexibility index (Phi) is 7.95. The van der Waals surface area contributed by atoms with Gasteiger partial charge in [-0.25, -0.2) is 0 Å². The first-order valence-electron chi connectivity index (χ1n) is 13.5. The van der Waals surface area contributed by atoms with E-state index in [0.29, 0.717) is 6.54 Å². The second kappa shape index (κ2) is 10.6. The van der Waals surface area contributed by atoms with Crippen molar-refractivity contribution in [2.45, 2.75) is 57.0 Å². The third-order valence-corrected chi connectivity index (χ3v) is 8.76. The lowest BCUT2D eigenvalue weighted by Gasteiger charge is -2.52. The quantitative estimate of drug-likeness (QED) is 0.401. The number of carbonyl (C=O) groups excluding carboxylic acids is 5. The number of likely N-dealkylation sites (N-methyl/N-ethyl adjacent to an activating group) is 1. The number of fused-ring (bicyclic) bond motifs is 3. The molecule has 0 saturated heterocycles. The molecule has 0 spiro atoms. The average Bonchev–Trinajstić information content (AvgIpc) is 2.83. The monoisotopic (exact) mass is 581 g/mol. The lowest BCUT2D eigenvalue weighted by Crippen LogP contribution is -2.74. The maximum atomic E-state index is 14.6. The van der Waals surface area contributed by atoms with Crippen LogP contribution in [-0.2, 0) is 38.3 Å². The summed E-state index contributed by atoms with van der Waals surface area (Å²) in [6, 6.07) is -0.464. The summed E-state index contributed by atoms with van der Waals surface area (Å²) in [6.45, 7) is 2.29. The minimum atomic E-state index is -4.90. The van der Waals surface area contributed by atoms with Gasteiger partial charge >= 0.3 is 6.18 Å². The number of Topliss-reactive ketones (excluding diaryl/α,β-unsaturated/α-hetero) is 4. The smallest absolute Gasteiger partial charge is 0.417 e. The molecule has 1 amide bonds. The Balaban J connectivity index is 1.87. The molecule has 1 aromatic carbocycles. The molecule has 224 valence electrons. The Labute approximate surface area is 234 Å². The number of phenolic OH excluding ortho intramolecular Hbond substituents is 1. The maximum absolute atomic E-state index is 14.6. The number of amides is 1. The van der Waals surface area contributed by atoms with Gasteiger partial charge in [0.25, 0.3) is 0 Å². The van der Waals surface area contributed by atoms with Crippen LogP contribution in [0.4, 0.5) is 13.2 Å². The number of hydrogen-bond acceptors (Lipinski definition) is 9. The van der Waals surface area contributed by atoms with Crippen molar-refractivity contribution in [3.63, 3.8) is 0 Å². The maximum Gasteiger partial charge on any atom is 0.417 e. The molecule has 2 unspecified atom stereocenters. The number of alkyl halides is 3. The fourth-order valence-corrected chi connectivity index (χ4v) is 7.02. The second-order valence-corrected chi connectivity index (χ2v) is 11.7. The molecule has 0 aliphatic heterocycles. The van der Waals surface area contributed by atoms with Gasteiger partial charge in [0.1, 0.15) is 5.75 Å². The van der Waals surface area contributed by atoms with E-state index in [0.717, 1.165) is 18.9 Å². The van der Waals surface area contributed by atoms with Crippen LogP contribution in [0.15, 0.2) is 6.07 Å². The van der Waals surface area contributed by atoms with Gasteiger partial charge in [-0.15, -0.1) is 0 Å². The van der Waals surface area contributed by atoms with Crippen LogP contribution in [0.2, 0.25) is 0 Å². The van der Waals surface area contributed by atoms with E-state index in [4.69, 9.17) is 5.73 Å². The number of phenols is 1. The molecule has 41 heavy (non-hydrogen) atoms. The summed E-state index contributed by atoms with van der Waals surface area (Å²) in [5, 5.41) is 22.4. The van der Waals surface area contributed by atoms with Crippen molar-refractivity contribution in [3.8, 4) is 5.75 Å². The lowest BCUT2D eigenvalue weighted by atomic mass is 9.52. The zero-order valence-corrected chi connectivity index (χ0v) is 23.2. The Hall–Kier alpha value is -3.16. The van der Waals surface area contributed by atoms with E-state index in [1.54, 1.807) is 11.9 Å². The van der Waals surface area contributed by atoms with Gasteiger partial charge < -0.3 is 20.8 Å². The van der Waals surface area contributed by atoms with Gasteiger partial charge in [-0.2, -0.15) is 13.2 Å². The van der Waals surface area contributed by atoms with Gasteiger partial charge in [-0.1, -0.05) is 13.3 Å². The van der Waals surface area contributed by atoms with Crippen molar-refractivity contribution < 1.29 is 47.4 Å². The summed E-state index contributed by atoms with van der Waals surface area (Å²) in [4.78, 5) is 69.0. The number of halogens is 3. The molecule has 4 rings (SSSR count). The standard InChI is InChI=1S/C28H34F3N3O7/c1-5-6-7-34(4)11-13-10-16(35)18-14(20(13)28(29,30)31)8-12-9-15-21(33(2)3)23(37)19(26(32)40)25(39)27(15,41)24(38)17(12)22(18)36/h10,12,15,17,19,21,35,41H,5-9,11H2,1-4H3,(H2,32,40)/t12-,15-,17?,19?,21-,27-/m0/s1. The molecule has 10 nitrogen and oxygen atoms in total. The number of carbonyl (C=O) groups is 5. The van der Waals surface area contributed by atoms with Crippen molar-refractivity contribution in [2.75, 3.05) is 27.7 Å². The molecule has 1 aromatic rings. The predicted molar refractivity (Wildman–Crippen MR) is 138 cm³/mol. The van der Waals surface area contributed by atoms with Crippen LogP contribution in [0.25, 0.3) is 0 Å². The van der Waals surface area contributed by atoms with E-state index in [9.17, 15) is 47.4 Å². The summed E-state index contributed by atoms with van der Waals surface area (Å²) in [6.07, 6.45) is -4.12. The minimum Gasteiger partial charge on any atom is -0.507 e. The highest BCUT2D eigenvalue weighted by molar-refractivity contribution is 6.32. The molecule has 2 saturated carbocycles. The topological polar surface area (TPSA) is 158 Å². The number of nitrogens with zero attached hydrogens (tertiary/aromatic N) is 2. The molecule has 13 heteroatoms. The first-order valence-corrected chi connectivity index (χ1v) is 13.5. The SMILES string of the molecule is CCCCN(C)Cc1cc(O)c2c(c1C(F)(F)F)C[C@H]1C[C@H]3[C@H](N(C)C)C(=O)C(C(N)=O)C(=O)[C@@]3(O)C(=O)C1C2=O. The number of unbranched alkanes of at least 4 members (excludes halogenated alkanes) is 1. The molecule has 0 aromatic heterocycles. The average molecular weight is 582 g/mol. The molecule has 4 N–H and O–H groups in total. The number of ketones is 4. The van der Waals surface area contributed by atoms with Crippen LogP contribution >= 0.6 is 0 Å². The highest BCUT2D eigenvalue weighted by atomic mass is 19.4. The fourth-order valence-electron chi connectivity index (χ4n) is 7.02. The van der Waals surface area contributed by atoms with Crippen molar-refractivity contribution in [1.82, 2.24) is 9.80 Å². The fraction of sp³-hybridized carbons (Fsp3) is 0.607. The van der Waals surface area contributed by atoms with Gasteiger partial charge in [0.2, 0.25) is 5.91 Å². The number of aromatic hydroxyl groups is 1.